The molecule has 1 saturated heterocycles. The Morgan fingerprint density at radius 2 is 1.20 bits per heavy atom. The van der Waals surface area contributed by atoms with Gasteiger partial charge in [-0.3, -0.25) is 19.3 Å². The summed E-state index contributed by atoms with van der Waals surface area (Å²) in [6.45, 7) is -0.0758. The van der Waals surface area contributed by atoms with Crippen molar-refractivity contribution in [2.45, 2.75) is 16.2 Å². The molecule has 2 bridgehead atoms. The summed E-state index contributed by atoms with van der Waals surface area (Å²) in [6.07, 6.45) is -0.0768. The van der Waals surface area contributed by atoms with Crippen molar-refractivity contribution in [3.05, 3.63) is 100 Å². The van der Waals surface area contributed by atoms with Crippen molar-refractivity contribution in [1.82, 2.24) is 4.90 Å². The molecule has 8 heteroatoms. The lowest BCUT2D eigenvalue weighted by molar-refractivity contribution is -0.140. The van der Waals surface area contributed by atoms with E-state index in [2.05, 4.69) is 5.32 Å². The predicted molar refractivity (Wildman–Crippen MR) is 135 cm³/mol. The zero-order valence-electron chi connectivity index (χ0n) is 18.3. The van der Waals surface area contributed by atoms with E-state index in [1.54, 1.807) is 24.3 Å². The van der Waals surface area contributed by atoms with Gasteiger partial charge in [-0.05, 0) is 34.4 Å². The fourth-order valence-electron chi connectivity index (χ4n) is 5.93. The summed E-state index contributed by atoms with van der Waals surface area (Å²) in [5, 5.41) is 3.13. The minimum absolute atomic E-state index is 0.0758. The van der Waals surface area contributed by atoms with Crippen LogP contribution in [0.2, 0.25) is 5.02 Å². The number of nitrogens with one attached hydrogen (secondary N) is 1. The minimum Gasteiger partial charge on any atom is -0.325 e. The number of benzene rings is 3. The summed E-state index contributed by atoms with van der Waals surface area (Å²) in [4.78, 5) is 38.8. The quantitative estimate of drug-likeness (QED) is 0.373. The minimum atomic E-state index is -1.23. The first kappa shape index (κ1) is 22.6. The smallest absolute Gasteiger partial charge is 0.235 e. The molecule has 1 aliphatic heterocycles. The first-order valence-electron chi connectivity index (χ1n) is 11.3. The van der Waals surface area contributed by atoms with E-state index in [-0.39, 0.29) is 18.9 Å². The number of nitrogens with zero attached hydrogens (tertiary/aromatic N) is 1. The van der Waals surface area contributed by atoms with E-state index < -0.39 is 33.4 Å². The van der Waals surface area contributed by atoms with Crippen LogP contribution in [0.5, 0.6) is 0 Å². The van der Waals surface area contributed by atoms with Gasteiger partial charge in [0.2, 0.25) is 17.7 Å². The molecule has 0 aromatic heterocycles. The van der Waals surface area contributed by atoms with Crippen LogP contribution in [-0.2, 0) is 24.1 Å². The predicted octanol–water partition coefficient (Wildman–Crippen LogP) is 5.26. The molecular formula is C27H19Cl3N2O3. The Hall–Kier alpha value is -2.86. The molecule has 0 saturated carbocycles. The average molecular weight is 526 g/mol. The number of carbonyl (C=O) groups excluding carboxylic acids is 3. The van der Waals surface area contributed by atoms with Crippen LogP contribution in [-0.4, -0.2) is 29.2 Å². The summed E-state index contributed by atoms with van der Waals surface area (Å²) >= 11 is 20.9. The highest BCUT2D eigenvalue weighted by Crippen LogP contribution is 2.69. The Balaban J connectivity index is 1.36. The summed E-state index contributed by atoms with van der Waals surface area (Å²) < 4.78 is 0. The Morgan fingerprint density at radius 3 is 1.66 bits per heavy atom. The lowest BCUT2D eigenvalue weighted by Gasteiger charge is -2.54. The van der Waals surface area contributed by atoms with Crippen molar-refractivity contribution in [2.24, 2.45) is 11.8 Å². The molecule has 0 unspecified atom stereocenters. The maximum atomic E-state index is 13.7. The highest BCUT2D eigenvalue weighted by Gasteiger charge is 2.72. The highest BCUT2D eigenvalue weighted by atomic mass is 35.5. The maximum absolute atomic E-state index is 13.7. The summed E-state index contributed by atoms with van der Waals surface area (Å²) in [5.74, 6) is -2.91. The lowest BCUT2D eigenvalue weighted by Crippen LogP contribution is -2.57. The molecule has 4 aliphatic rings. The van der Waals surface area contributed by atoms with Crippen molar-refractivity contribution >= 4 is 58.2 Å². The molecule has 1 fully saturated rings. The number of alkyl halides is 2. The fraction of sp³-hybridized carbons (Fsp3) is 0.222. The van der Waals surface area contributed by atoms with Crippen LogP contribution in [0.4, 0.5) is 5.69 Å². The second-order valence-corrected chi connectivity index (χ2v) is 10.7. The van der Waals surface area contributed by atoms with Crippen LogP contribution in [0, 0.1) is 11.8 Å². The van der Waals surface area contributed by atoms with Gasteiger partial charge in [0.1, 0.15) is 9.75 Å². The van der Waals surface area contributed by atoms with E-state index in [0.29, 0.717) is 10.7 Å². The Morgan fingerprint density at radius 1 is 0.771 bits per heavy atom. The van der Waals surface area contributed by atoms with Crippen LogP contribution >= 0.6 is 34.8 Å². The first-order chi connectivity index (χ1) is 16.8. The van der Waals surface area contributed by atoms with Crippen LogP contribution in [0.3, 0.4) is 0 Å². The number of carbonyl (C=O) groups is 3. The normalized spacial score (nSPS) is 27.9. The second-order valence-electron chi connectivity index (χ2n) is 9.08. The average Bonchev–Trinajstić information content (AvgIpc) is 3.13. The highest BCUT2D eigenvalue weighted by molar-refractivity contribution is 6.36. The third-order valence-corrected chi connectivity index (χ3v) is 9.00. The van der Waals surface area contributed by atoms with E-state index in [1.165, 1.54) is 0 Å². The number of rotatable bonds is 4. The van der Waals surface area contributed by atoms with Crippen molar-refractivity contribution in [3.63, 3.8) is 0 Å². The molecule has 5 nitrogen and oxygen atoms in total. The van der Waals surface area contributed by atoms with Gasteiger partial charge in [0.25, 0.3) is 0 Å². The molecule has 3 amide bonds. The number of hydrogen-bond acceptors (Lipinski definition) is 3. The number of para-hydroxylation sites is 1. The number of halogens is 3. The van der Waals surface area contributed by atoms with Crippen LogP contribution in [0.1, 0.15) is 28.7 Å². The molecule has 3 aliphatic carbocycles. The molecule has 2 atom stereocenters. The number of amides is 3. The SMILES string of the molecule is O=C(CCN1C(=O)[C@@H]2[C@@H](C1=O)C1(Cl)c3ccccc3C2(Cl)c2ccccc21)Nc1ccccc1Cl. The zero-order chi connectivity index (χ0) is 24.5. The fourth-order valence-corrected chi connectivity index (χ4v) is 7.21. The number of hydrogen-bond donors (Lipinski definition) is 1. The third-order valence-electron chi connectivity index (χ3n) is 7.39. The maximum Gasteiger partial charge on any atom is 0.235 e. The van der Waals surface area contributed by atoms with Gasteiger partial charge in [-0.2, -0.15) is 0 Å². The monoisotopic (exact) mass is 524 g/mol. The molecule has 35 heavy (non-hydrogen) atoms. The molecular weight excluding hydrogens is 507 g/mol. The van der Waals surface area contributed by atoms with Gasteiger partial charge in [-0.15, -0.1) is 23.2 Å². The molecule has 0 spiro atoms. The molecule has 1 heterocycles. The zero-order valence-corrected chi connectivity index (χ0v) is 20.6. The summed E-state index contributed by atoms with van der Waals surface area (Å²) in [5.41, 5.74) is 3.45. The summed E-state index contributed by atoms with van der Waals surface area (Å²) in [6, 6.07) is 21.8. The number of likely N-dealkylation sites (tertiary alicyclic amines) is 1. The number of imide groups is 1. The van der Waals surface area contributed by atoms with Gasteiger partial charge in [0, 0.05) is 13.0 Å². The van der Waals surface area contributed by atoms with Crippen LogP contribution in [0.25, 0.3) is 0 Å². The van der Waals surface area contributed by atoms with Crippen molar-refractivity contribution in [2.75, 3.05) is 11.9 Å². The molecule has 0 radical (unpaired) electrons. The number of anilines is 1. The second kappa shape index (κ2) is 7.82. The largest absolute Gasteiger partial charge is 0.325 e. The summed E-state index contributed by atoms with van der Waals surface area (Å²) in [7, 11) is 0. The van der Waals surface area contributed by atoms with Gasteiger partial charge in [0.05, 0.1) is 22.5 Å². The van der Waals surface area contributed by atoms with Crippen LogP contribution in [0.15, 0.2) is 72.8 Å². The van der Waals surface area contributed by atoms with E-state index >= 15 is 0 Å². The van der Waals surface area contributed by atoms with E-state index in [4.69, 9.17) is 34.8 Å². The molecule has 176 valence electrons. The van der Waals surface area contributed by atoms with E-state index in [1.807, 2.05) is 48.5 Å². The first-order valence-corrected chi connectivity index (χ1v) is 12.4. The van der Waals surface area contributed by atoms with Gasteiger partial charge in [-0.1, -0.05) is 72.3 Å². The van der Waals surface area contributed by atoms with Crippen molar-refractivity contribution in [1.29, 1.82) is 0 Å². The molecule has 1 N–H and O–H groups in total. The Bertz CT molecular complexity index is 1300. The van der Waals surface area contributed by atoms with Crippen LogP contribution < -0.4 is 5.32 Å². The third kappa shape index (κ3) is 2.92. The molecule has 3 aromatic rings. The standard InChI is InChI=1S/C27H19Cl3N2O3/c28-19-11-5-6-12-20(19)31-21(33)13-14-32-24(34)22-23(25(32)35)27(30)16-8-2-1-7-15(16)26(22,29)17-9-3-4-10-18(17)27/h1-12,22-23H,13-14H2,(H,31,33)/t22-,23-,26?,27?/m0/s1. The van der Waals surface area contributed by atoms with Gasteiger partial charge < -0.3 is 5.32 Å². The molecule has 3 aromatic carbocycles. The Labute approximate surface area is 217 Å². The van der Waals surface area contributed by atoms with Gasteiger partial charge >= 0.3 is 0 Å². The van der Waals surface area contributed by atoms with Gasteiger partial charge in [-0.25, -0.2) is 0 Å². The Kier molecular flexibility index (Phi) is 5.05. The molecule has 7 rings (SSSR count). The lowest BCUT2D eigenvalue weighted by atomic mass is 9.54. The topological polar surface area (TPSA) is 66.5 Å². The van der Waals surface area contributed by atoms with E-state index in [9.17, 15) is 14.4 Å². The van der Waals surface area contributed by atoms with E-state index in [0.717, 1.165) is 27.2 Å². The van der Waals surface area contributed by atoms with Crippen molar-refractivity contribution in [3.8, 4) is 0 Å². The van der Waals surface area contributed by atoms with Crippen molar-refractivity contribution < 1.29 is 14.4 Å². The van der Waals surface area contributed by atoms with Gasteiger partial charge in [0.15, 0.2) is 0 Å².